The summed E-state index contributed by atoms with van der Waals surface area (Å²) in [6.45, 7) is 3.92. The van der Waals surface area contributed by atoms with Crippen molar-refractivity contribution in [3.8, 4) is 0 Å². The molecule has 2 rings (SSSR count). The molecule has 3 nitrogen and oxygen atoms in total. The average Bonchev–Trinajstić information content (AvgIpc) is 2.28. The summed E-state index contributed by atoms with van der Waals surface area (Å²) in [5.74, 6) is -0.339. The van der Waals surface area contributed by atoms with Crippen LogP contribution in [0.3, 0.4) is 0 Å². The lowest BCUT2D eigenvalue weighted by Crippen LogP contribution is -2.07. The lowest BCUT2D eigenvalue weighted by atomic mass is 10.1. The molecule has 0 saturated carbocycles. The molecule has 1 heterocycles. The molecule has 0 saturated heterocycles. The molecule has 0 radical (unpaired) electrons. The molecule has 0 unspecified atom stereocenters. The van der Waals surface area contributed by atoms with Crippen molar-refractivity contribution in [1.29, 1.82) is 0 Å². The van der Waals surface area contributed by atoms with Gasteiger partial charge in [-0.3, -0.25) is 4.98 Å². The van der Waals surface area contributed by atoms with E-state index in [-0.39, 0.29) is 5.97 Å². The van der Waals surface area contributed by atoms with E-state index in [2.05, 4.69) is 4.98 Å². The number of carbonyl (C=O) groups excluding carboxylic acids is 1. The first-order valence-corrected chi connectivity index (χ1v) is 5.73. The van der Waals surface area contributed by atoms with Crippen LogP contribution in [0.1, 0.15) is 23.0 Å². The van der Waals surface area contributed by atoms with Crippen LogP contribution in [0.2, 0.25) is 5.02 Å². The number of pyridine rings is 1. The molecule has 1 aromatic heterocycles. The van der Waals surface area contributed by atoms with E-state index in [9.17, 15) is 4.79 Å². The van der Waals surface area contributed by atoms with E-state index in [4.69, 9.17) is 16.3 Å². The van der Waals surface area contributed by atoms with Gasteiger partial charge in [-0.2, -0.15) is 0 Å². The van der Waals surface area contributed by atoms with Crippen LogP contribution in [-0.2, 0) is 4.74 Å². The Morgan fingerprint density at radius 3 is 2.88 bits per heavy atom. The van der Waals surface area contributed by atoms with Crippen molar-refractivity contribution in [2.75, 3.05) is 6.61 Å². The summed E-state index contributed by atoms with van der Waals surface area (Å²) in [6, 6.07) is 7.17. The number of carbonyl (C=O) groups is 1. The Kier molecular flexibility index (Phi) is 3.29. The Morgan fingerprint density at radius 2 is 2.18 bits per heavy atom. The second kappa shape index (κ2) is 4.72. The van der Waals surface area contributed by atoms with E-state index in [1.54, 1.807) is 32.0 Å². The summed E-state index contributed by atoms with van der Waals surface area (Å²) in [5.41, 5.74) is 1.93. The fourth-order valence-electron chi connectivity index (χ4n) is 1.65. The number of esters is 1. The van der Waals surface area contributed by atoms with Crippen LogP contribution in [0.5, 0.6) is 0 Å². The van der Waals surface area contributed by atoms with Crippen LogP contribution in [0.15, 0.2) is 24.3 Å². The van der Waals surface area contributed by atoms with E-state index in [1.807, 2.05) is 6.07 Å². The van der Waals surface area contributed by atoms with Crippen molar-refractivity contribution in [3.63, 3.8) is 0 Å². The Hall–Kier alpha value is -1.61. The molecule has 2 aromatic rings. The van der Waals surface area contributed by atoms with Crippen molar-refractivity contribution >= 4 is 28.5 Å². The minimum atomic E-state index is -0.339. The highest BCUT2D eigenvalue weighted by atomic mass is 35.5. The number of benzene rings is 1. The molecule has 0 aliphatic carbocycles. The highest BCUT2D eigenvalue weighted by Gasteiger charge is 2.12. The Balaban J connectivity index is 2.55. The summed E-state index contributed by atoms with van der Waals surface area (Å²) in [7, 11) is 0. The number of ether oxygens (including phenoxy) is 1. The molecule has 0 atom stereocenters. The lowest BCUT2D eigenvalue weighted by Gasteiger charge is -2.06. The zero-order valence-corrected chi connectivity index (χ0v) is 10.4. The SMILES string of the molecule is CCOC(=O)c1cc2ccc(Cl)cc2nc1C. The number of halogens is 1. The van der Waals surface area contributed by atoms with Gasteiger partial charge in [0.1, 0.15) is 0 Å². The summed E-state index contributed by atoms with van der Waals surface area (Å²) in [6.07, 6.45) is 0. The van der Waals surface area contributed by atoms with Crippen LogP contribution < -0.4 is 0 Å². The molecule has 0 bridgehead atoms. The summed E-state index contributed by atoms with van der Waals surface area (Å²) in [4.78, 5) is 16.0. The van der Waals surface area contributed by atoms with Crippen molar-refractivity contribution in [1.82, 2.24) is 4.98 Å². The highest BCUT2D eigenvalue weighted by molar-refractivity contribution is 6.31. The van der Waals surface area contributed by atoms with Gasteiger partial charge in [-0.1, -0.05) is 17.7 Å². The van der Waals surface area contributed by atoms with E-state index in [1.165, 1.54) is 0 Å². The van der Waals surface area contributed by atoms with Gasteiger partial charge >= 0.3 is 5.97 Å². The first kappa shape index (κ1) is 11.9. The number of hydrogen-bond donors (Lipinski definition) is 0. The zero-order valence-electron chi connectivity index (χ0n) is 9.66. The highest BCUT2D eigenvalue weighted by Crippen LogP contribution is 2.20. The molecule has 17 heavy (non-hydrogen) atoms. The zero-order chi connectivity index (χ0) is 12.4. The standard InChI is InChI=1S/C13H12ClNO2/c1-3-17-13(16)11-6-9-4-5-10(14)7-12(9)15-8(11)2/h4-7H,3H2,1-2H3. The van der Waals surface area contributed by atoms with Gasteiger partial charge in [0.2, 0.25) is 0 Å². The third-order valence-electron chi connectivity index (χ3n) is 2.47. The van der Waals surface area contributed by atoms with Gasteiger partial charge in [-0.15, -0.1) is 0 Å². The molecular formula is C13H12ClNO2. The monoisotopic (exact) mass is 249 g/mol. The fraction of sp³-hybridized carbons (Fsp3) is 0.231. The molecule has 0 N–H and O–H groups in total. The Bertz CT molecular complexity index is 581. The van der Waals surface area contributed by atoms with Gasteiger partial charge in [0.15, 0.2) is 0 Å². The Labute approximate surface area is 104 Å². The number of nitrogens with zero attached hydrogens (tertiary/aromatic N) is 1. The van der Waals surface area contributed by atoms with Gasteiger partial charge in [0.05, 0.1) is 23.4 Å². The first-order chi connectivity index (χ1) is 8.11. The van der Waals surface area contributed by atoms with E-state index >= 15 is 0 Å². The molecule has 4 heteroatoms. The van der Waals surface area contributed by atoms with Gasteiger partial charge in [0, 0.05) is 10.4 Å². The van der Waals surface area contributed by atoms with E-state index in [0.29, 0.717) is 22.9 Å². The minimum Gasteiger partial charge on any atom is -0.462 e. The van der Waals surface area contributed by atoms with Crippen molar-refractivity contribution in [2.24, 2.45) is 0 Å². The summed E-state index contributed by atoms with van der Waals surface area (Å²) < 4.78 is 4.98. The van der Waals surface area contributed by atoms with Crippen LogP contribution in [0.4, 0.5) is 0 Å². The molecule has 0 fully saturated rings. The first-order valence-electron chi connectivity index (χ1n) is 5.36. The molecule has 0 amide bonds. The van der Waals surface area contributed by atoms with Gasteiger partial charge < -0.3 is 4.74 Å². The Morgan fingerprint density at radius 1 is 1.41 bits per heavy atom. The van der Waals surface area contributed by atoms with Gasteiger partial charge in [-0.05, 0) is 32.0 Å². The largest absolute Gasteiger partial charge is 0.462 e. The maximum atomic E-state index is 11.7. The quantitative estimate of drug-likeness (QED) is 0.766. The maximum Gasteiger partial charge on any atom is 0.339 e. The lowest BCUT2D eigenvalue weighted by molar-refractivity contribution is 0.0525. The number of aryl methyl sites for hydroxylation is 1. The maximum absolute atomic E-state index is 11.7. The van der Waals surface area contributed by atoms with Crippen molar-refractivity contribution in [3.05, 3.63) is 40.5 Å². The third kappa shape index (κ3) is 2.39. The fourth-order valence-corrected chi connectivity index (χ4v) is 1.82. The van der Waals surface area contributed by atoms with Gasteiger partial charge in [-0.25, -0.2) is 4.79 Å². The predicted molar refractivity (Wildman–Crippen MR) is 67.4 cm³/mol. The van der Waals surface area contributed by atoms with Crippen LogP contribution in [-0.4, -0.2) is 17.6 Å². The third-order valence-corrected chi connectivity index (χ3v) is 2.70. The van der Waals surface area contributed by atoms with Crippen molar-refractivity contribution < 1.29 is 9.53 Å². The molecule has 88 valence electrons. The van der Waals surface area contributed by atoms with E-state index < -0.39 is 0 Å². The number of fused-ring (bicyclic) bond motifs is 1. The van der Waals surface area contributed by atoms with Crippen LogP contribution >= 0.6 is 11.6 Å². The normalized spacial score (nSPS) is 10.5. The molecule has 0 aliphatic heterocycles. The van der Waals surface area contributed by atoms with E-state index in [0.717, 1.165) is 10.9 Å². The molecule has 0 spiro atoms. The number of rotatable bonds is 2. The smallest absolute Gasteiger partial charge is 0.339 e. The predicted octanol–water partition coefficient (Wildman–Crippen LogP) is 3.37. The molecular weight excluding hydrogens is 238 g/mol. The summed E-state index contributed by atoms with van der Waals surface area (Å²) >= 11 is 5.89. The minimum absolute atomic E-state index is 0.339. The number of hydrogen-bond acceptors (Lipinski definition) is 3. The number of aromatic nitrogens is 1. The van der Waals surface area contributed by atoms with Crippen molar-refractivity contribution in [2.45, 2.75) is 13.8 Å². The second-order valence-corrected chi connectivity index (χ2v) is 4.12. The summed E-state index contributed by atoms with van der Waals surface area (Å²) in [5, 5.41) is 1.51. The van der Waals surface area contributed by atoms with Crippen LogP contribution in [0, 0.1) is 6.92 Å². The molecule has 0 aliphatic rings. The molecule has 1 aromatic carbocycles. The second-order valence-electron chi connectivity index (χ2n) is 3.68. The van der Waals surface area contributed by atoms with Gasteiger partial charge in [0.25, 0.3) is 0 Å². The topological polar surface area (TPSA) is 39.2 Å². The average molecular weight is 250 g/mol. The van der Waals surface area contributed by atoms with Crippen LogP contribution in [0.25, 0.3) is 10.9 Å².